The Labute approximate surface area is 100 Å². The zero-order valence-electron chi connectivity index (χ0n) is 9.98. The summed E-state index contributed by atoms with van der Waals surface area (Å²) in [5.41, 5.74) is 5.46. The summed E-state index contributed by atoms with van der Waals surface area (Å²) in [5.74, 6) is -1.59. The van der Waals surface area contributed by atoms with Crippen LogP contribution in [0, 0.1) is 5.41 Å². The number of aliphatic hydroxyl groups is 1. The van der Waals surface area contributed by atoms with Gasteiger partial charge in [-0.2, -0.15) is 0 Å². The molecule has 6 nitrogen and oxygen atoms in total. The standard InChI is InChI=1S/C11H20N2O4/c1-7(14)9(10(16)17)13-8(15)5-11(6-12)3-2-4-11/h7,9,14H,2-6,12H2,1H3,(H,13,15)(H,16,17). The zero-order chi connectivity index (χ0) is 13.1. The second-order valence-electron chi connectivity index (χ2n) is 4.86. The molecule has 98 valence electrons. The minimum absolute atomic E-state index is 0.161. The van der Waals surface area contributed by atoms with E-state index in [0.717, 1.165) is 19.3 Å². The van der Waals surface area contributed by atoms with Crippen molar-refractivity contribution in [2.75, 3.05) is 6.54 Å². The van der Waals surface area contributed by atoms with Crippen molar-refractivity contribution in [2.24, 2.45) is 11.1 Å². The van der Waals surface area contributed by atoms with Crippen molar-refractivity contribution >= 4 is 11.9 Å². The summed E-state index contributed by atoms with van der Waals surface area (Å²) >= 11 is 0. The first-order valence-electron chi connectivity index (χ1n) is 5.80. The number of carbonyl (C=O) groups is 2. The molecule has 6 heteroatoms. The molecule has 0 aromatic rings. The van der Waals surface area contributed by atoms with E-state index >= 15 is 0 Å². The van der Waals surface area contributed by atoms with Crippen molar-refractivity contribution in [1.29, 1.82) is 0 Å². The van der Waals surface area contributed by atoms with Crippen LogP contribution in [0.4, 0.5) is 0 Å². The van der Waals surface area contributed by atoms with Gasteiger partial charge in [0.2, 0.25) is 5.91 Å². The minimum atomic E-state index is -1.25. The first-order chi connectivity index (χ1) is 7.90. The Balaban J connectivity index is 2.50. The molecule has 1 rings (SSSR count). The lowest BCUT2D eigenvalue weighted by atomic mass is 9.66. The van der Waals surface area contributed by atoms with Crippen LogP contribution in [0.5, 0.6) is 0 Å². The molecule has 1 aliphatic carbocycles. The molecule has 0 spiro atoms. The molecular weight excluding hydrogens is 224 g/mol. The first kappa shape index (κ1) is 13.9. The highest BCUT2D eigenvalue weighted by atomic mass is 16.4. The Morgan fingerprint density at radius 2 is 2.06 bits per heavy atom. The van der Waals surface area contributed by atoms with Crippen LogP contribution >= 0.6 is 0 Å². The number of carboxylic acid groups (broad SMARTS) is 1. The number of aliphatic carboxylic acids is 1. The van der Waals surface area contributed by atoms with Crippen molar-refractivity contribution in [3.05, 3.63) is 0 Å². The molecule has 17 heavy (non-hydrogen) atoms. The average molecular weight is 244 g/mol. The molecule has 0 aliphatic heterocycles. The lowest BCUT2D eigenvalue weighted by molar-refractivity contribution is -0.145. The number of amides is 1. The smallest absolute Gasteiger partial charge is 0.328 e. The molecule has 1 aliphatic rings. The summed E-state index contributed by atoms with van der Waals surface area (Å²) in [6.07, 6.45) is 1.99. The number of rotatable bonds is 6. The Hall–Kier alpha value is -1.14. The molecule has 1 saturated carbocycles. The van der Waals surface area contributed by atoms with Crippen LogP contribution in [0.1, 0.15) is 32.6 Å². The largest absolute Gasteiger partial charge is 0.480 e. The molecule has 0 radical (unpaired) electrons. The highest BCUT2D eigenvalue weighted by Gasteiger charge is 2.38. The van der Waals surface area contributed by atoms with Gasteiger partial charge < -0.3 is 21.3 Å². The highest BCUT2D eigenvalue weighted by molar-refractivity contribution is 5.84. The molecule has 5 N–H and O–H groups in total. The van der Waals surface area contributed by atoms with Crippen LogP contribution < -0.4 is 11.1 Å². The summed E-state index contributed by atoms with van der Waals surface area (Å²) in [5, 5.41) is 20.4. The topological polar surface area (TPSA) is 113 Å². The zero-order valence-corrected chi connectivity index (χ0v) is 9.98. The average Bonchev–Trinajstić information content (AvgIpc) is 2.19. The quantitative estimate of drug-likeness (QED) is 0.501. The fourth-order valence-corrected chi connectivity index (χ4v) is 2.08. The van der Waals surface area contributed by atoms with Crippen molar-refractivity contribution in [1.82, 2.24) is 5.32 Å². The Kier molecular flexibility index (Phi) is 4.47. The number of nitrogens with one attached hydrogen (secondary N) is 1. The van der Waals surface area contributed by atoms with Gasteiger partial charge in [0.05, 0.1) is 6.10 Å². The minimum Gasteiger partial charge on any atom is -0.480 e. The van der Waals surface area contributed by atoms with Gasteiger partial charge in [-0.15, -0.1) is 0 Å². The van der Waals surface area contributed by atoms with Crippen LogP contribution in [-0.4, -0.2) is 40.8 Å². The van der Waals surface area contributed by atoms with E-state index in [1.54, 1.807) is 0 Å². The predicted octanol–water partition coefficient (Wildman–Crippen LogP) is -0.544. The molecule has 2 atom stereocenters. The number of hydrogen-bond donors (Lipinski definition) is 4. The molecule has 0 saturated heterocycles. The number of carboxylic acids is 1. The summed E-state index contributed by atoms with van der Waals surface area (Å²) in [4.78, 5) is 22.5. The van der Waals surface area contributed by atoms with Crippen LogP contribution in [0.15, 0.2) is 0 Å². The number of hydrogen-bond acceptors (Lipinski definition) is 4. The van der Waals surface area contributed by atoms with Gasteiger partial charge in [0.25, 0.3) is 0 Å². The van der Waals surface area contributed by atoms with Crippen LogP contribution in [0.2, 0.25) is 0 Å². The third-order valence-electron chi connectivity index (χ3n) is 3.45. The molecule has 2 unspecified atom stereocenters. The fraction of sp³-hybridized carbons (Fsp3) is 0.818. The normalized spacial score (nSPS) is 21.1. The van der Waals surface area contributed by atoms with Gasteiger partial charge in [0, 0.05) is 6.42 Å². The van der Waals surface area contributed by atoms with Crippen molar-refractivity contribution < 1.29 is 19.8 Å². The van der Waals surface area contributed by atoms with Gasteiger partial charge in [-0.25, -0.2) is 4.79 Å². The maximum absolute atomic E-state index is 11.7. The lowest BCUT2D eigenvalue weighted by Gasteiger charge is -2.40. The maximum atomic E-state index is 11.7. The van der Waals surface area contributed by atoms with E-state index in [1.807, 2.05) is 0 Å². The second kappa shape index (κ2) is 5.46. The number of nitrogens with two attached hydrogens (primary N) is 1. The van der Waals surface area contributed by atoms with E-state index in [-0.39, 0.29) is 17.7 Å². The fourth-order valence-electron chi connectivity index (χ4n) is 2.08. The second-order valence-corrected chi connectivity index (χ2v) is 4.86. The van der Waals surface area contributed by atoms with Crippen molar-refractivity contribution in [3.8, 4) is 0 Å². The number of aliphatic hydroxyl groups excluding tert-OH is 1. The van der Waals surface area contributed by atoms with Crippen molar-refractivity contribution in [3.63, 3.8) is 0 Å². The van der Waals surface area contributed by atoms with E-state index in [1.165, 1.54) is 6.92 Å². The van der Waals surface area contributed by atoms with Gasteiger partial charge in [0.15, 0.2) is 6.04 Å². The molecule has 0 aromatic heterocycles. The third kappa shape index (κ3) is 3.41. The van der Waals surface area contributed by atoms with Gasteiger partial charge in [-0.05, 0) is 31.7 Å². The van der Waals surface area contributed by atoms with E-state index in [0.29, 0.717) is 6.54 Å². The van der Waals surface area contributed by atoms with E-state index in [9.17, 15) is 14.7 Å². The monoisotopic (exact) mass is 244 g/mol. The highest BCUT2D eigenvalue weighted by Crippen LogP contribution is 2.42. The molecule has 0 aromatic carbocycles. The van der Waals surface area contributed by atoms with Gasteiger partial charge in [0.1, 0.15) is 0 Å². The SMILES string of the molecule is CC(O)C(NC(=O)CC1(CN)CCC1)C(=O)O. The molecular formula is C11H20N2O4. The van der Waals surface area contributed by atoms with E-state index < -0.39 is 18.1 Å². The summed E-state index contributed by atoms with van der Waals surface area (Å²) < 4.78 is 0. The number of carbonyl (C=O) groups excluding carboxylic acids is 1. The Morgan fingerprint density at radius 1 is 1.47 bits per heavy atom. The van der Waals surface area contributed by atoms with Crippen molar-refractivity contribution in [2.45, 2.75) is 44.8 Å². The van der Waals surface area contributed by atoms with Crippen LogP contribution in [0.25, 0.3) is 0 Å². The molecule has 1 amide bonds. The van der Waals surface area contributed by atoms with Gasteiger partial charge in [-0.1, -0.05) is 6.42 Å². The van der Waals surface area contributed by atoms with Gasteiger partial charge in [-0.3, -0.25) is 4.79 Å². The Bertz CT molecular complexity index is 294. The van der Waals surface area contributed by atoms with E-state index in [2.05, 4.69) is 5.32 Å². The van der Waals surface area contributed by atoms with Gasteiger partial charge >= 0.3 is 5.97 Å². The molecule has 0 bridgehead atoms. The summed E-state index contributed by atoms with van der Waals surface area (Å²) in [7, 11) is 0. The maximum Gasteiger partial charge on any atom is 0.328 e. The molecule has 1 fully saturated rings. The Morgan fingerprint density at radius 3 is 2.35 bits per heavy atom. The van der Waals surface area contributed by atoms with Crippen LogP contribution in [-0.2, 0) is 9.59 Å². The third-order valence-corrected chi connectivity index (χ3v) is 3.45. The first-order valence-corrected chi connectivity index (χ1v) is 5.80. The molecule has 0 heterocycles. The predicted molar refractivity (Wildman–Crippen MR) is 61.2 cm³/mol. The lowest BCUT2D eigenvalue weighted by Crippen LogP contribution is -2.50. The summed E-state index contributed by atoms with van der Waals surface area (Å²) in [6.45, 7) is 1.77. The van der Waals surface area contributed by atoms with Crippen LogP contribution in [0.3, 0.4) is 0 Å². The summed E-state index contributed by atoms with van der Waals surface area (Å²) in [6, 6.07) is -1.25. The van der Waals surface area contributed by atoms with E-state index in [4.69, 9.17) is 10.8 Å².